The molecule has 0 saturated carbocycles. The second-order valence-corrected chi connectivity index (χ2v) is 6.22. The predicted molar refractivity (Wildman–Crippen MR) is 88.1 cm³/mol. The first-order valence-electron chi connectivity index (χ1n) is 7.01. The standard InChI is InChI=1S/C17H16N2O2S/c1-11-6-7-13(9-18-11)17(21)19-10-14(20)16-8-12-4-2-3-5-15(12)22-16/h2-9,14,20H,10H2,1H3,(H,19,21). The number of nitrogens with one attached hydrogen (secondary N) is 1. The van der Waals surface area contributed by atoms with E-state index in [2.05, 4.69) is 10.3 Å². The number of hydrogen-bond donors (Lipinski definition) is 2. The summed E-state index contributed by atoms with van der Waals surface area (Å²) in [6.07, 6.45) is 0.830. The number of hydrogen-bond acceptors (Lipinski definition) is 4. The van der Waals surface area contributed by atoms with Gasteiger partial charge in [0.1, 0.15) is 6.10 Å². The van der Waals surface area contributed by atoms with Crippen LogP contribution in [0.1, 0.15) is 27.0 Å². The Morgan fingerprint density at radius 1 is 1.32 bits per heavy atom. The molecule has 1 atom stereocenters. The van der Waals surface area contributed by atoms with Gasteiger partial charge in [0.25, 0.3) is 5.91 Å². The number of fused-ring (bicyclic) bond motifs is 1. The van der Waals surface area contributed by atoms with Gasteiger partial charge in [0.15, 0.2) is 0 Å². The van der Waals surface area contributed by atoms with Crippen LogP contribution in [-0.2, 0) is 0 Å². The lowest BCUT2D eigenvalue weighted by molar-refractivity contribution is 0.0917. The van der Waals surface area contributed by atoms with Crippen molar-refractivity contribution in [2.75, 3.05) is 6.54 Å². The molecule has 0 aliphatic rings. The number of thiophene rings is 1. The van der Waals surface area contributed by atoms with Crippen molar-refractivity contribution in [3.8, 4) is 0 Å². The number of rotatable bonds is 4. The molecule has 3 aromatic rings. The zero-order valence-electron chi connectivity index (χ0n) is 12.1. The monoisotopic (exact) mass is 312 g/mol. The molecule has 2 aromatic heterocycles. The minimum Gasteiger partial charge on any atom is -0.386 e. The summed E-state index contributed by atoms with van der Waals surface area (Å²) < 4.78 is 1.13. The molecule has 4 nitrogen and oxygen atoms in total. The van der Waals surface area contributed by atoms with Gasteiger partial charge in [0, 0.05) is 28.0 Å². The first-order chi connectivity index (χ1) is 10.6. The first kappa shape index (κ1) is 14.7. The van der Waals surface area contributed by atoms with E-state index in [0.29, 0.717) is 5.56 Å². The molecule has 3 rings (SSSR count). The summed E-state index contributed by atoms with van der Waals surface area (Å²) in [5, 5.41) is 14.1. The minimum absolute atomic E-state index is 0.180. The fourth-order valence-electron chi connectivity index (χ4n) is 2.16. The molecule has 22 heavy (non-hydrogen) atoms. The van der Waals surface area contributed by atoms with Crippen molar-refractivity contribution in [3.05, 3.63) is 64.8 Å². The van der Waals surface area contributed by atoms with Crippen LogP contribution in [-0.4, -0.2) is 22.5 Å². The number of aromatic nitrogens is 1. The number of aryl methyl sites for hydroxylation is 1. The Hall–Kier alpha value is -2.24. The summed E-state index contributed by atoms with van der Waals surface area (Å²) in [7, 11) is 0. The van der Waals surface area contributed by atoms with E-state index in [9.17, 15) is 9.90 Å². The largest absolute Gasteiger partial charge is 0.386 e. The lowest BCUT2D eigenvalue weighted by Crippen LogP contribution is -2.28. The molecule has 0 spiro atoms. The molecule has 0 radical (unpaired) electrons. The van der Waals surface area contributed by atoms with Crippen molar-refractivity contribution in [3.63, 3.8) is 0 Å². The van der Waals surface area contributed by atoms with Gasteiger partial charge in [-0.05, 0) is 36.6 Å². The second-order valence-electron chi connectivity index (χ2n) is 5.10. The average molecular weight is 312 g/mol. The van der Waals surface area contributed by atoms with Crippen molar-refractivity contribution >= 4 is 27.3 Å². The maximum absolute atomic E-state index is 12.0. The van der Waals surface area contributed by atoms with Crippen molar-refractivity contribution in [2.45, 2.75) is 13.0 Å². The van der Waals surface area contributed by atoms with Gasteiger partial charge in [0.2, 0.25) is 0 Å². The molecule has 0 saturated heterocycles. The van der Waals surface area contributed by atoms with Gasteiger partial charge < -0.3 is 10.4 Å². The summed E-state index contributed by atoms with van der Waals surface area (Å²) in [6, 6.07) is 13.5. The van der Waals surface area contributed by atoms with Crippen molar-refractivity contribution in [1.29, 1.82) is 0 Å². The van der Waals surface area contributed by atoms with E-state index in [1.54, 1.807) is 23.5 Å². The summed E-state index contributed by atoms with van der Waals surface area (Å²) in [5.41, 5.74) is 1.36. The van der Waals surface area contributed by atoms with Crippen LogP contribution >= 0.6 is 11.3 Å². The van der Waals surface area contributed by atoms with Crippen LogP contribution in [0.4, 0.5) is 0 Å². The number of carbonyl (C=O) groups excluding carboxylic acids is 1. The molecule has 0 aliphatic carbocycles. The number of nitrogens with zero attached hydrogens (tertiary/aromatic N) is 1. The lowest BCUT2D eigenvalue weighted by atomic mass is 10.2. The number of aliphatic hydroxyl groups excluding tert-OH is 1. The molecule has 1 amide bonds. The van der Waals surface area contributed by atoms with Crippen LogP contribution in [0.3, 0.4) is 0 Å². The summed E-state index contributed by atoms with van der Waals surface area (Å²) in [6.45, 7) is 2.05. The van der Waals surface area contributed by atoms with E-state index in [1.165, 1.54) is 6.20 Å². The van der Waals surface area contributed by atoms with Crippen LogP contribution < -0.4 is 5.32 Å². The number of carbonyl (C=O) groups is 1. The Morgan fingerprint density at radius 3 is 2.86 bits per heavy atom. The number of benzene rings is 1. The first-order valence-corrected chi connectivity index (χ1v) is 7.82. The maximum Gasteiger partial charge on any atom is 0.252 e. The molecule has 1 aromatic carbocycles. The summed E-state index contributed by atoms with van der Waals surface area (Å²) in [4.78, 5) is 16.9. The smallest absolute Gasteiger partial charge is 0.252 e. The van der Waals surface area contributed by atoms with Gasteiger partial charge in [-0.25, -0.2) is 0 Å². The molecule has 2 heterocycles. The highest BCUT2D eigenvalue weighted by molar-refractivity contribution is 7.19. The molecular weight excluding hydrogens is 296 g/mol. The Kier molecular flexibility index (Phi) is 4.18. The van der Waals surface area contributed by atoms with Gasteiger partial charge in [-0.3, -0.25) is 9.78 Å². The minimum atomic E-state index is -0.709. The number of amides is 1. The van der Waals surface area contributed by atoms with E-state index in [1.807, 2.05) is 37.3 Å². The third-order valence-electron chi connectivity index (χ3n) is 3.40. The number of pyridine rings is 1. The fraction of sp³-hybridized carbons (Fsp3) is 0.176. The highest BCUT2D eigenvalue weighted by atomic mass is 32.1. The zero-order chi connectivity index (χ0) is 15.5. The Bertz CT molecular complexity index is 763. The predicted octanol–water partition coefficient (Wildman–Crippen LogP) is 3.07. The molecule has 1 unspecified atom stereocenters. The molecule has 5 heteroatoms. The normalized spacial score (nSPS) is 12.3. The van der Waals surface area contributed by atoms with Gasteiger partial charge in [-0.1, -0.05) is 18.2 Å². The van der Waals surface area contributed by atoms with Crippen LogP contribution in [0.15, 0.2) is 48.7 Å². The topological polar surface area (TPSA) is 62.2 Å². The quantitative estimate of drug-likeness (QED) is 0.778. The van der Waals surface area contributed by atoms with Crippen molar-refractivity contribution in [1.82, 2.24) is 10.3 Å². The Morgan fingerprint density at radius 2 is 2.14 bits per heavy atom. The maximum atomic E-state index is 12.0. The molecule has 0 bridgehead atoms. The Balaban J connectivity index is 1.65. The molecule has 2 N–H and O–H groups in total. The number of aliphatic hydroxyl groups is 1. The highest BCUT2D eigenvalue weighted by Gasteiger charge is 2.13. The van der Waals surface area contributed by atoms with E-state index in [0.717, 1.165) is 20.7 Å². The van der Waals surface area contributed by atoms with Crippen molar-refractivity contribution < 1.29 is 9.90 Å². The summed E-state index contributed by atoms with van der Waals surface area (Å²) >= 11 is 1.54. The van der Waals surface area contributed by atoms with E-state index in [-0.39, 0.29) is 12.5 Å². The zero-order valence-corrected chi connectivity index (χ0v) is 12.9. The van der Waals surface area contributed by atoms with Crippen molar-refractivity contribution in [2.24, 2.45) is 0 Å². The molecule has 112 valence electrons. The van der Waals surface area contributed by atoms with Crippen LogP contribution in [0.2, 0.25) is 0 Å². The molecular formula is C17H16N2O2S. The average Bonchev–Trinajstić information content (AvgIpc) is 2.97. The van der Waals surface area contributed by atoms with Gasteiger partial charge in [-0.15, -0.1) is 11.3 Å². The molecule has 0 fully saturated rings. The van der Waals surface area contributed by atoms with E-state index >= 15 is 0 Å². The van der Waals surface area contributed by atoms with Gasteiger partial charge >= 0.3 is 0 Å². The SMILES string of the molecule is Cc1ccc(C(=O)NCC(O)c2cc3ccccc3s2)cn1. The summed E-state index contributed by atoms with van der Waals surface area (Å²) in [5.74, 6) is -0.229. The lowest BCUT2D eigenvalue weighted by Gasteiger charge is -2.10. The fourth-order valence-corrected chi connectivity index (χ4v) is 3.21. The van der Waals surface area contributed by atoms with Gasteiger partial charge in [-0.2, -0.15) is 0 Å². The Labute approximate surface area is 132 Å². The molecule has 0 aliphatic heterocycles. The highest BCUT2D eigenvalue weighted by Crippen LogP contribution is 2.29. The van der Waals surface area contributed by atoms with E-state index in [4.69, 9.17) is 0 Å². The van der Waals surface area contributed by atoms with Crippen LogP contribution in [0.5, 0.6) is 0 Å². The van der Waals surface area contributed by atoms with Gasteiger partial charge in [0.05, 0.1) is 5.56 Å². The van der Waals surface area contributed by atoms with Crippen LogP contribution in [0, 0.1) is 6.92 Å². The second kappa shape index (κ2) is 6.25. The van der Waals surface area contributed by atoms with Crippen LogP contribution in [0.25, 0.3) is 10.1 Å². The van der Waals surface area contributed by atoms with E-state index < -0.39 is 6.10 Å². The third-order valence-corrected chi connectivity index (χ3v) is 4.62. The third kappa shape index (κ3) is 3.16.